The van der Waals surface area contributed by atoms with Crippen LogP contribution >= 0.6 is 0 Å². The minimum atomic E-state index is -0.0608. The number of rotatable bonds is 2. The van der Waals surface area contributed by atoms with E-state index in [0.717, 1.165) is 0 Å². The van der Waals surface area contributed by atoms with Gasteiger partial charge in [-0.05, 0) is 6.92 Å². The predicted octanol–water partition coefficient (Wildman–Crippen LogP) is -0.0382. The van der Waals surface area contributed by atoms with Gasteiger partial charge in [0.05, 0.1) is 19.0 Å². The molecule has 0 aromatic carbocycles. The largest absolute Gasteiger partial charge is 0.394 e. The van der Waals surface area contributed by atoms with Crippen LogP contribution in [0.25, 0.3) is 11.2 Å². The molecule has 0 unspecified atom stereocenters. The van der Waals surface area contributed by atoms with Gasteiger partial charge in [-0.3, -0.25) is 0 Å². The molecule has 2 aromatic heterocycles. The van der Waals surface area contributed by atoms with Crippen LogP contribution in [0.2, 0.25) is 0 Å². The lowest BCUT2D eigenvalue weighted by Gasteiger charge is -2.09. The van der Waals surface area contributed by atoms with Crippen LogP contribution in [0.15, 0.2) is 12.7 Å². The van der Waals surface area contributed by atoms with Crippen molar-refractivity contribution in [2.45, 2.75) is 13.0 Å². The summed E-state index contributed by atoms with van der Waals surface area (Å²) >= 11 is 0. The molecule has 0 radical (unpaired) electrons. The maximum atomic E-state index is 9.01. The number of nitrogens with two attached hydrogens (primary N) is 1. The van der Waals surface area contributed by atoms with Gasteiger partial charge in [-0.25, -0.2) is 15.0 Å². The molecule has 0 amide bonds. The molecular weight excluding hydrogens is 182 g/mol. The van der Waals surface area contributed by atoms with Crippen molar-refractivity contribution in [2.75, 3.05) is 12.3 Å². The minimum Gasteiger partial charge on any atom is -0.394 e. The van der Waals surface area contributed by atoms with E-state index in [0.29, 0.717) is 17.0 Å². The van der Waals surface area contributed by atoms with Crippen LogP contribution in [0.3, 0.4) is 0 Å². The number of hydrogen-bond donors (Lipinski definition) is 2. The van der Waals surface area contributed by atoms with Gasteiger partial charge < -0.3 is 15.4 Å². The summed E-state index contributed by atoms with van der Waals surface area (Å²) in [6, 6.07) is -0.0608. The summed E-state index contributed by atoms with van der Waals surface area (Å²) in [7, 11) is 0. The number of nitrogens with zero attached hydrogens (tertiary/aromatic N) is 4. The van der Waals surface area contributed by atoms with Crippen LogP contribution in [0.1, 0.15) is 13.0 Å². The van der Waals surface area contributed by atoms with Crippen LogP contribution < -0.4 is 5.73 Å². The molecule has 0 aliphatic rings. The summed E-state index contributed by atoms with van der Waals surface area (Å²) in [5.74, 6) is 0.360. The highest BCUT2D eigenvalue weighted by Gasteiger charge is 2.11. The zero-order valence-corrected chi connectivity index (χ0v) is 7.75. The van der Waals surface area contributed by atoms with Crippen molar-refractivity contribution in [1.82, 2.24) is 19.5 Å². The molecule has 2 heterocycles. The number of aliphatic hydroxyl groups excluding tert-OH is 1. The first-order valence-electron chi connectivity index (χ1n) is 4.28. The van der Waals surface area contributed by atoms with Crippen LogP contribution in [0.4, 0.5) is 5.82 Å². The van der Waals surface area contributed by atoms with Crippen molar-refractivity contribution in [3.05, 3.63) is 12.7 Å². The van der Waals surface area contributed by atoms with E-state index in [1.807, 2.05) is 6.92 Å². The van der Waals surface area contributed by atoms with Crippen LogP contribution in [-0.4, -0.2) is 31.2 Å². The van der Waals surface area contributed by atoms with E-state index in [9.17, 15) is 0 Å². The fourth-order valence-electron chi connectivity index (χ4n) is 1.28. The number of aromatic nitrogens is 4. The molecule has 6 nitrogen and oxygen atoms in total. The van der Waals surface area contributed by atoms with E-state index in [1.54, 1.807) is 10.9 Å². The van der Waals surface area contributed by atoms with Gasteiger partial charge in [-0.15, -0.1) is 0 Å². The summed E-state index contributed by atoms with van der Waals surface area (Å²) in [6.07, 6.45) is 3.00. The Kier molecular flexibility index (Phi) is 2.05. The number of anilines is 1. The Morgan fingerprint density at radius 2 is 2.29 bits per heavy atom. The van der Waals surface area contributed by atoms with E-state index >= 15 is 0 Å². The molecule has 6 heteroatoms. The highest BCUT2D eigenvalue weighted by Crippen LogP contribution is 2.17. The Bertz CT molecular complexity index is 452. The molecule has 0 saturated carbocycles. The summed E-state index contributed by atoms with van der Waals surface area (Å²) in [5, 5.41) is 9.01. The lowest BCUT2D eigenvalue weighted by molar-refractivity contribution is 0.241. The zero-order valence-electron chi connectivity index (χ0n) is 7.75. The first-order chi connectivity index (χ1) is 6.74. The standard InChI is InChI=1S/C8H11N5O/c1-5(2-14)13-4-12-6-7(9)10-3-11-8(6)13/h3-5,14H,2H2,1H3,(H2,9,10,11)/t5-/m1/s1. The molecule has 3 N–H and O–H groups in total. The molecule has 0 bridgehead atoms. The minimum absolute atomic E-state index is 0.0371. The third-order valence-electron chi connectivity index (χ3n) is 2.13. The zero-order chi connectivity index (χ0) is 10.1. The topological polar surface area (TPSA) is 89.8 Å². The fourth-order valence-corrected chi connectivity index (χ4v) is 1.28. The second-order valence-electron chi connectivity index (χ2n) is 3.11. The van der Waals surface area contributed by atoms with Crippen LogP contribution in [-0.2, 0) is 0 Å². The first-order valence-corrected chi connectivity index (χ1v) is 4.28. The van der Waals surface area contributed by atoms with Crippen LogP contribution in [0, 0.1) is 0 Å². The second-order valence-corrected chi connectivity index (χ2v) is 3.11. The molecule has 0 spiro atoms. The maximum absolute atomic E-state index is 9.01. The first kappa shape index (κ1) is 8.89. The number of nitrogen functional groups attached to an aromatic ring is 1. The molecule has 0 fully saturated rings. The Morgan fingerprint density at radius 3 is 3.00 bits per heavy atom. The molecule has 14 heavy (non-hydrogen) atoms. The van der Waals surface area contributed by atoms with E-state index in [4.69, 9.17) is 10.8 Å². The third-order valence-corrected chi connectivity index (χ3v) is 2.13. The third kappa shape index (κ3) is 1.20. The van der Waals surface area contributed by atoms with Gasteiger partial charge >= 0.3 is 0 Å². The highest BCUT2D eigenvalue weighted by molar-refractivity contribution is 5.81. The lowest BCUT2D eigenvalue weighted by atomic mass is 10.3. The van der Waals surface area contributed by atoms with E-state index in [2.05, 4.69) is 15.0 Å². The molecule has 0 saturated heterocycles. The number of hydrogen-bond acceptors (Lipinski definition) is 5. The number of fused-ring (bicyclic) bond motifs is 1. The Balaban J connectivity index is 2.63. The number of imidazole rings is 1. The Morgan fingerprint density at radius 1 is 1.50 bits per heavy atom. The average Bonchev–Trinajstić information content (AvgIpc) is 2.62. The van der Waals surface area contributed by atoms with Crippen molar-refractivity contribution in [2.24, 2.45) is 0 Å². The molecule has 0 aliphatic heterocycles. The van der Waals surface area contributed by atoms with Gasteiger partial charge in [0.15, 0.2) is 11.5 Å². The normalized spacial score (nSPS) is 13.3. The van der Waals surface area contributed by atoms with Gasteiger partial charge in [0.25, 0.3) is 0 Å². The molecule has 2 aromatic rings. The van der Waals surface area contributed by atoms with E-state index < -0.39 is 0 Å². The Hall–Kier alpha value is -1.69. The molecule has 0 aliphatic carbocycles. The van der Waals surface area contributed by atoms with Gasteiger partial charge in [0.1, 0.15) is 11.8 Å². The average molecular weight is 193 g/mol. The predicted molar refractivity (Wildman–Crippen MR) is 51.5 cm³/mol. The van der Waals surface area contributed by atoms with E-state index in [1.165, 1.54) is 6.33 Å². The molecular formula is C8H11N5O. The smallest absolute Gasteiger partial charge is 0.165 e. The molecule has 2 rings (SSSR count). The van der Waals surface area contributed by atoms with Crippen LogP contribution in [0.5, 0.6) is 0 Å². The van der Waals surface area contributed by atoms with E-state index in [-0.39, 0.29) is 12.6 Å². The quantitative estimate of drug-likeness (QED) is 0.698. The van der Waals surface area contributed by atoms with Gasteiger partial charge in [-0.2, -0.15) is 0 Å². The summed E-state index contributed by atoms with van der Waals surface area (Å²) in [5.41, 5.74) is 6.85. The van der Waals surface area contributed by atoms with Gasteiger partial charge in [0, 0.05) is 0 Å². The van der Waals surface area contributed by atoms with Crippen molar-refractivity contribution in [1.29, 1.82) is 0 Å². The summed E-state index contributed by atoms with van der Waals surface area (Å²) in [4.78, 5) is 12.0. The number of aliphatic hydroxyl groups is 1. The highest BCUT2D eigenvalue weighted by atomic mass is 16.3. The SMILES string of the molecule is C[C@H](CO)n1cnc2c(N)ncnc21. The second kappa shape index (κ2) is 3.22. The fraction of sp³-hybridized carbons (Fsp3) is 0.375. The van der Waals surface area contributed by atoms with Crippen molar-refractivity contribution >= 4 is 17.0 Å². The van der Waals surface area contributed by atoms with Crippen molar-refractivity contribution in [3.8, 4) is 0 Å². The van der Waals surface area contributed by atoms with Crippen molar-refractivity contribution < 1.29 is 5.11 Å². The molecule has 1 atom stereocenters. The maximum Gasteiger partial charge on any atom is 0.165 e. The summed E-state index contributed by atoms with van der Waals surface area (Å²) in [6.45, 7) is 1.91. The summed E-state index contributed by atoms with van der Waals surface area (Å²) < 4.78 is 1.77. The lowest BCUT2D eigenvalue weighted by Crippen LogP contribution is -2.08. The Labute approximate surface area is 80.4 Å². The van der Waals surface area contributed by atoms with Gasteiger partial charge in [0.2, 0.25) is 0 Å². The van der Waals surface area contributed by atoms with Crippen molar-refractivity contribution in [3.63, 3.8) is 0 Å². The van der Waals surface area contributed by atoms with Gasteiger partial charge in [-0.1, -0.05) is 0 Å². The monoisotopic (exact) mass is 193 g/mol. The molecule has 74 valence electrons.